The maximum atomic E-state index is 6.01. The summed E-state index contributed by atoms with van der Waals surface area (Å²) in [6, 6.07) is 4.11. The van der Waals surface area contributed by atoms with Crippen molar-refractivity contribution in [3.05, 3.63) is 17.7 Å². The first-order valence-electron chi connectivity index (χ1n) is 7.23. The molecule has 0 saturated carbocycles. The van der Waals surface area contributed by atoms with Crippen LogP contribution >= 0.6 is 0 Å². The largest absolute Gasteiger partial charge is 0.493 e. The molecule has 0 saturated heterocycles. The van der Waals surface area contributed by atoms with Crippen molar-refractivity contribution in [3.63, 3.8) is 0 Å². The maximum Gasteiger partial charge on any atom is 0.231 e. The van der Waals surface area contributed by atoms with Gasteiger partial charge in [0.05, 0.1) is 7.11 Å². The van der Waals surface area contributed by atoms with Crippen molar-refractivity contribution in [2.75, 3.05) is 34.0 Å². The second-order valence-corrected chi connectivity index (χ2v) is 6.68. The van der Waals surface area contributed by atoms with Gasteiger partial charge in [-0.15, -0.1) is 0 Å². The van der Waals surface area contributed by atoms with Crippen LogP contribution in [0, 0.1) is 5.41 Å². The number of ether oxygens (including phenoxy) is 3. The SMILES string of the molecule is COc1cc(C(CN)N(C)CC(C)(C)C)cc2c1OCO2. The average molecular weight is 294 g/mol. The molecule has 1 aliphatic heterocycles. The van der Waals surface area contributed by atoms with Gasteiger partial charge >= 0.3 is 0 Å². The molecular formula is C16H26N2O3. The number of nitrogens with zero attached hydrogens (tertiary/aromatic N) is 1. The molecule has 1 aromatic carbocycles. The summed E-state index contributed by atoms with van der Waals surface area (Å²) in [5.74, 6) is 2.10. The van der Waals surface area contributed by atoms with Gasteiger partial charge in [0, 0.05) is 19.1 Å². The second-order valence-electron chi connectivity index (χ2n) is 6.68. The number of methoxy groups -OCH3 is 1. The van der Waals surface area contributed by atoms with Crippen molar-refractivity contribution in [2.45, 2.75) is 26.8 Å². The zero-order chi connectivity index (χ0) is 15.6. The van der Waals surface area contributed by atoms with E-state index < -0.39 is 0 Å². The zero-order valence-electron chi connectivity index (χ0n) is 13.6. The molecule has 1 unspecified atom stereocenters. The van der Waals surface area contributed by atoms with E-state index in [9.17, 15) is 0 Å². The second kappa shape index (κ2) is 6.12. The third-order valence-corrected chi connectivity index (χ3v) is 3.54. The minimum absolute atomic E-state index is 0.118. The van der Waals surface area contributed by atoms with E-state index >= 15 is 0 Å². The Labute approximate surface area is 127 Å². The maximum absolute atomic E-state index is 6.01. The highest BCUT2D eigenvalue weighted by atomic mass is 16.7. The smallest absolute Gasteiger partial charge is 0.231 e. The molecule has 21 heavy (non-hydrogen) atoms. The van der Waals surface area contributed by atoms with E-state index in [-0.39, 0.29) is 18.2 Å². The molecule has 0 spiro atoms. The molecule has 0 aromatic heterocycles. The summed E-state index contributed by atoms with van der Waals surface area (Å²) in [5, 5.41) is 0. The average Bonchev–Trinajstić information content (AvgIpc) is 2.84. The molecule has 118 valence electrons. The highest BCUT2D eigenvalue weighted by Gasteiger charge is 2.26. The van der Waals surface area contributed by atoms with Crippen molar-refractivity contribution in [3.8, 4) is 17.2 Å². The van der Waals surface area contributed by atoms with Gasteiger partial charge in [-0.25, -0.2) is 0 Å². The Morgan fingerprint density at radius 3 is 2.62 bits per heavy atom. The van der Waals surface area contributed by atoms with Gasteiger partial charge < -0.3 is 19.9 Å². The van der Waals surface area contributed by atoms with E-state index in [0.717, 1.165) is 17.9 Å². The Bertz CT molecular complexity index is 497. The Morgan fingerprint density at radius 1 is 1.33 bits per heavy atom. The number of fused-ring (bicyclic) bond motifs is 1. The van der Waals surface area contributed by atoms with Gasteiger partial charge in [-0.05, 0) is 30.2 Å². The molecule has 5 nitrogen and oxygen atoms in total. The molecule has 0 bridgehead atoms. The van der Waals surface area contributed by atoms with E-state index in [2.05, 4.69) is 32.7 Å². The summed E-state index contributed by atoms with van der Waals surface area (Å²) in [6.07, 6.45) is 0. The van der Waals surface area contributed by atoms with Crippen LogP contribution in [-0.4, -0.2) is 38.9 Å². The first-order chi connectivity index (χ1) is 9.85. The predicted octanol–water partition coefficient (Wildman–Crippen LogP) is 2.40. The quantitative estimate of drug-likeness (QED) is 0.903. The minimum atomic E-state index is 0.118. The van der Waals surface area contributed by atoms with Crippen LogP contribution in [0.15, 0.2) is 12.1 Å². The number of rotatable bonds is 5. The molecular weight excluding hydrogens is 268 g/mol. The van der Waals surface area contributed by atoms with Gasteiger partial charge in [-0.1, -0.05) is 20.8 Å². The van der Waals surface area contributed by atoms with Crippen LogP contribution in [0.3, 0.4) is 0 Å². The molecule has 2 rings (SSSR count). The number of benzene rings is 1. The third kappa shape index (κ3) is 3.60. The summed E-state index contributed by atoms with van der Waals surface area (Å²) < 4.78 is 16.3. The Morgan fingerprint density at radius 2 is 2.05 bits per heavy atom. The molecule has 0 radical (unpaired) electrons. The van der Waals surface area contributed by atoms with Gasteiger partial charge in [0.25, 0.3) is 0 Å². The number of hydrogen-bond acceptors (Lipinski definition) is 5. The van der Waals surface area contributed by atoms with Crippen LogP contribution in [-0.2, 0) is 0 Å². The van der Waals surface area contributed by atoms with E-state index in [1.54, 1.807) is 7.11 Å². The van der Waals surface area contributed by atoms with E-state index in [1.807, 2.05) is 12.1 Å². The Hall–Kier alpha value is -1.46. The van der Waals surface area contributed by atoms with Crippen molar-refractivity contribution >= 4 is 0 Å². The highest BCUT2D eigenvalue weighted by molar-refractivity contribution is 5.55. The number of hydrogen-bond donors (Lipinski definition) is 1. The summed E-state index contributed by atoms with van der Waals surface area (Å²) >= 11 is 0. The lowest BCUT2D eigenvalue weighted by molar-refractivity contribution is 0.170. The highest BCUT2D eigenvalue weighted by Crippen LogP contribution is 2.43. The van der Waals surface area contributed by atoms with E-state index in [1.165, 1.54) is 0 Å². The predicted molar refractivity (Wildman–Crippen MR) is 83.0 cm³/mol. The van der Waals surface area contributed by atoms with Crippen LogP contribution in [0.4, 0.5) is 0 Å². The van der Waals surface area contributed by atoms with E-state index in [0.29, 0.717) is 18.0 Å². The molecule has 0 aliphatic carbocycles. The monoisotopic (exact) mass is 294 g/mol. The summed E-state index contributed by atoms with van der Waals surface area (Å²) in [4.78, 5) is 2.27. The van der Waals surface area contributed by atoms with Crippen LogP contribution in [0.25, 0.3) is 0 Å². The molecule has 5 heteroatoms. The van der Waals surface area contributed by atoms with Gasteiger partial charge in [-0.3, -0.25) is 4.90 Å². The van der Waals surface area contributed by atoms with Crippen molar-refractivity contribution in [1.29, 1.82) is 0 Å². The van der Waals surface area contributed by atoms with Crippen molar-refractivity contribution in [2.24, 2.45) is 11.1 Å². The van der Waals surface area contributed by atoms with Crippen molar-refractivity contribution in [1.82, 2.24) is 4.90 Å². The molecule has 1 aliphatic rings. The fraction of sp³-hybridized carbons (Fsp3) is 0.625. The first kappa shape index (κ1) is 15.9. The standard InChI is InChI=1S/C16H26N2O3/c1-16(2,3)9-18(4)12(8-17)11-6-13(19-5)15-14(7-11)20-10-21-15/h6-7,12H,8-10,17H2,1-5H3. The van der Waals surface area contributed by atoms with Gasteiger partial charge in [0.15, 0.2) is 11.5 Å². The van der Waals surface area contributed by atoms with E-state index in [4.69, 9.17) is 19.9 Å². The molecule has 1 heterocycles. The number of nitrogens with two attached hydrogens (primary N) is 1. The van der Waals surface area contributed by atoms with Crippen molar-refractivity contribution < 1.29 is 14.2 Å². The summed E-state index contributed by atoms with van der Waals surface area (Å²) in [7, 11) is 3.73. The summed E-state index contributed by atoms with van der Waals surface area (Å²) in [5.41, 5.74) is 7.31. The van der Waals surface area contributed by atoms with Crippen LogP contribution in [0.5, 0.6) is 17.2 Å². The normalized spacial score (nSPS) is 15.4. The first-order valence-corrected chi connectivity index (χ1v) is 7.23. The summed E-state index contributed by atoms with van der Waals surface area (Å²) in [6.45, 7) is 8.38. The lowest BCUT2D eigenvalue weighted by Gasteiger charge is -2.33. The molecule has 1 atom stereocenters. The lowest BCUT2D eigenvalue weighted by Crippen LogP contribution is -2.36. The Kier molecular flexibility index (Phi) is 4.64. The van der Waals surface area contributed by atoms with Gasteiger partial charge in [0.1, 0.15) is 0 Å². The lowest BCUT2D eigenvalue weighted by atomic mass is 9.94. The molecule has 0 amide bonds. The topological polar surface area (TPSA) is 57.0 Å². The molecule has 2 N–H and O–H groups in total. The minimum Gasteiger partial charge on any atom is -0.493 e. The van der Waals surface area contributed by atoms with Gasteiger partial charge in [0.2, 0.25) is 12.5 Å². The van der Waals surface area contributed by atoms with Crippen LogP contribution in [0.1, 0.15) is 32.4 Å². The number of likely N-dealkylation sites (N-methyl/N-ethyl adjacent to an activating group) is 1. The Balaban J connectivity index is 2.30. The van der Waals surface area contributed by atoms with Crippen LogP contribution < -0.4 is 19.9 Å². The molecule has 1 aromatic rings. The zero-order valence-corrected chi connectivity index (χ0v) is 13.6. The fourth-order valence-corrected chi connectivity index (χ4v) is 2.77. The fourth-order valence-electron chi connectivity index (χ4n) is 2.77. The van der Waals surface area contributed by atoms with Gasteiger partial charge in [-0.2, -0.15) is 0 Å². The van der Waals surface area contributed by atoms with Crippen LogP contribution in [0.2, 0.25) is 0 Å². The molecule has 0 fully saturated rings. The third-order valence-electron chi connectivity index (χ3n) is 3.54.